The number of aryl methyl sites for hydroxylation is 2. The Hall–Kier alpha value is -3.61. The van der Waals surface area contributed by atoms with Crippen LogP contribution in [-0.4, -0.2) is 16.5 Å². The first-order valence-corrected chi connectivity index (χ1v) is 9.60. The normalized spacial score (nSPS) is 11.1. The highest BCUT2D eigenvalue weighted by atomic mass is 19.1. The summed E-state index contributed by atoms with van der Waals surface area (Å²) in [6.07, 6.45) is 0.707. The molecule has 0 fully saturated rings. The highest BCUT2D eigenvalue weighted by Crippen LogP contribution is 2.38. The number of methoxy groups -OCH3 is 1. The second kappa shape index (κ2) is 7.67. The Morgan fingerprint density at radius 2 is 1.80 bits per heavy atom. The van der Waals surface area contributed by atoms with Gasteiger partial charge in [0.15, 0.2) is 0 Å². The fourth-order valence-electron chi connectivity index (χ4n) is 3.60. The fourth-order valence-corrected chi connectivity index (χ4v) is 3.60. The van der Waals surface area contributed by atoms with Crippen LogP contribution in [0.3, 0.4) is 0 Å². The molecule has 0 radical (unpaired) electrons. The van der Waals surface area contributed by atoms with Gasteiger partial charge in [0.25, 0.3) is 0 Å². The van der Waals surface area contributed by atoms with Gasteiger partial charge in [-0.25, -0.2) is 13.8 Å². The smallest absolute Gasteiger partial charge is 0.143 e. The Morgan fingerprint density at radius 1 is 1.10 bits per heavy atom. The van der Waals surface area contributed by atoms with Crippen molar-refractivity contribution >= 4 is 22.8 Å². The Balaban J connectivity index is 2.03. The van der Waals surface area contributed by atoms with Crippen molar-refractivity contribution in [2.45, 2.75) is 20.3 Å². The van der Waals surface area contributed by atoms with Crippen LogP contribution < -0.4 is 15.8 Å². The minimum atomic E-state index is -0.755. The van der Waals surface area contributed by atoms with E-state index in [-0.39, 0.29) is 17.0 Å². The number of anilines is 3. The first-order valence-electron chi connectivity index (χ1n) is 9.60. The van der Waals surface area contributed by atoms with Crippen molar-refractivity contribution in [2.24, 2.45) is 0 Å². The van der Waals surface area contributed by atoms with E-state index in [9.17, 15) is 8.78 Å². The van der Waals surface area contributed by atoms with E-state index in [4.69, 9.17) is 10.5 Å². The van der Waals surface area contributed by atoms with Gasteiger partial charge >= 0.3 is 0 Å². The van der Waals surface area contributed by atoms with Crippen molar-refractivity contribution in [1.29, 1.82) is 0 Å². The number of fused-ring (bicyclic) bond motifs is 1. The molecule has 4 rings (SSSR count). The first-order chi connectivity index (χ1) is 14.4. The molecule has 0 bridgehead atoms. The lowest BCUT2D eigenvalue weighted by atomic mass is 10.1. The quantitative estimate of drug-likeness (QED) is 0.429. The molecule has 0 aliphatic rings. The third kappa shape index (κ3) is 3.22. The number of aromatic nitrogens is 2. The Bertz CT molecular complexity index is 1210. The zero-order chi connectivity index (χ0) is 21.4. The summed E-state index contributed by atoms with van der Waals surface area (Å²) in [6.45, 7) is 3.92. The molecule has 2 heterocycles. The highest BCUT2D eigenvalue weighted by Gasteiger charge is 2.24. The number of nitrogens with zero attached hydrogens (tertiary/aromatic N) is 2. The largest absolute Gasteiger partial charge is 0.497 e. The molecule has 2 aromatic carbocycles. The summed E-state index contributed by atoms with van der Waals surface area (Å²) in [5.41, 5.74) is 9.74. The van der Waals surface area contributed by atoms with E-state index < -0.39 is 11.6 Å². The summed E-state index contributed by atoms with van der Waals surface area (Å²) in [7, 11) is 1.36. The van der Waals surface area contributed by atoms with E-state index in [1.165, 1.54) is 7.11 Å². The summed E-state index contributed by atoms with van der Waals surface area (Å²) in [6, 6.07) is 13.5. The molecule has 0 unspecified atom stereocenters. The van der Waals surface area contributed by atoms with Crippen LogP contribution in [0.25, 0.3) is 16.9 Å². The molecular formula is C23H22F2N4O. The lowest BCUT2D eigenvalue weighted by Crippen LogP contribution is -2.05. The van der Waals surface area contributed by atoms with Gasteiger partial charge in [-0.2, -0.15) is 0 Å². The molecule has 0 saturated heterocycles. The maximum Gasteiger partial charge on any atom is 0.143 e. The van der Waals surface area contributed by atoms with Gasteiger partial charge in [0.05, 0.1) is 24.0 Å². The third-order valence-corrected chi connectivity index (χ3v) is 5.12. The van der Waals surface area contributed by atoms with Gasteiger partial charge in [-0.05, 0) is 37.1 Å². The highest BCUT2D eigenvalue weighted by molar-refractivity contribution is 5.84. The maximum atomic E-state index is 15.0. The van der Waals surface area contributed by atoms with Crippen molar-refractivity contribution in [3.8, 4) is 17.0 Å². The Morgan fingerprint density at radius 3 is 2.43 bits per heavy atom. The minimum Gasteiger partial charge on any atom is -0.497 e. The Kier molecular flexibility index (Phi) is 5.03. The first kappa shape index (κ1) is 19.7. The second-order valence-electron chi connectivity index (χ2n) is 7.00. The zero-order valence-electron chi connectivity index (χ0n) is 17.0. The van der Waals surface area contributed by atoms with Gasteiger partial charge in [-0.15, -0.1) is 0 Å². The van der Waals surface area contributed by atoms with Gasteiger partial charge < -0.3 is 15.8 Å². The molecule has 4 aromatic rings. The monoisotopic (exact) mass is 408 g/mol. The molecular weight excluding hydrogens is 386 g/mol. The number of nitrogens with two attached hydrogens (primary N) is 1. The number of halogens is 2. The number of nitrogens with one attached hydrogen (secondary N) is 1. The molecule has 7 heteroatoms. The second-order valence-corrected chi connectivity index (χ2v) is 7.00. The third-order valence-electron chi connectivity index (χ3n) is 5.12. The number of para-hydroxylation sites is 1. The van der Waals surface area contributed by atoms with Crippen molar-refractivity contribution < 1.29 is 13.5 Å². The number of rotatable bonds is 5. The summed E-state index contributed by atoms with van der Waals surface area (Å²) in [5, 5.41) is 3.30. The SMILES string of the molecule is CCc1cccc2nc(-c3c(F)cc(OC)cc3F)c(Nc3c(C)cccc3N)n12. The Labute approximate surface area is 173 Å². The number of hydrogen-bond donors (Lipinski definition) is 2. The maximum absolute atomic E-state index is 15.0. The van der Waals surface area contributed by atoms with Gasteiger partial charge in [0, 0.05) is 17.8 Å². The number of nitrogen functional groups attached to an aromatic ring is 1. The standard InChI is InChI=1S/C23H22F2N4O/c1-4-14-8-6-10-19-27-22(20-16(24)11-15(30-3)12-17(20)25)23(29(14)19)28-21-13(2)7-5-9-18(21)26/h5-12,28H,4,26H2,1-3H3. The summed E-state index contributed by atoms with van der Waals surface area (Å²) >= 11 is 0. The van der Waals surface area contributed by atoms with Gasteiger partial charge in [0.1, 0.15) is 34.5 Å². The number of pyridine rings is 1. The molecule has 3 N–H and O–H groups in total. The van der Waals surface area contributed by atoms with E-state index >= 15 is 0 Å². The number of ether oxygens (including phenoxy) is 1. The molecule has 0 amide bonds. The number of benzene rings is 2. The molecule has 0 saturated carbocycles. The van der Waals surface area contributed by atoms with Crippen molar-refractivity contribution in [2.75, 3.05) is 18.2 Å². The lowest BCUT2D eigenvalue weighted by molar-refractivity contribution is 0.407. The molecule has 30 heavy (non-hydrogen) atoms. The van der Waals surface area contributed by atoms with Crippen LogP contribution in [0.15, 0.2) is 48.5 Å². The van der Waals surface area contributed by atoms with E-state index in [1.54, 1.807) is 12.1 Å². The van der Waals surface area contributed by atoms with E-state index in [0.29, 0.717) is 29.3 Å². The lowest BCUT2D eigenvalue weighted by Gasteiger charge is -2.15. The van der Waals surface area contributed by atoms with Crippen LogP contribution in [0.5, 0.6) is 5.75 Å². The molecule has 5 nitrogen and oxygen atoms in total. The van der Waals surface area contributed by atoms with Crippen molar-refractivity contribution in [1.82, 2.24) is 9.38 Å². The van der Waals surface area contributed by atoms with Crippen molar-refractivity contribution in [3.63, 3.8) is 0 Å². The number of hydrogen-bond acceptors (Lipinski definition) is 4. The van der Waals surface area contributed by atoms with Crippen LogP contribution >= 0.6 is 0 Å². The fraction of sp³-hybridized carbons (Fsp3) is 0.174. The van der Waals surface area contributed by atoms with E-state index in [1.807, 2.05) is 42.5 Å². The van der Waals surface area contributed by atoms with Crippen LogP contribution in [0.2, 0.25) is 0 Å². The topological polar surface area (TPSA) is 64.6 Å². The van der Waals surface area contributed by atoms with Crippen molar-refractivity contribution in [3.05, 3.63) is 71.4 Å². The minimum absolute atomic E-state index is 0.101. The average Bonchev–Trinajstić information content (AvgIpc) is 3.08. The van der Waals surface area contributed by atoms with Gasteiger partial charge in [-0.1, -0.05) is 25.1 Å². The molecule has 154 valence electrons. The molecule has 0 spiro atoms. The van der Waals surface area contributed by atoms with Crippen LogP contribution in [0.4, 0.5) is 26.0 Å². The zero-order valence-corrected chi connectivity index (χ0v) is 17.0. The molecule has 2 aromatic heterocycles. The van der Waals surface area contributed by atoms with Gasteiger partial charge in [-0.3, -0.25) is 4.40 Å². The van der Waals surface area contributed by atoms with Crippen LogP contribution in [-0.2, 0) is 6.42 Å². The predicted molar refractivity (Wildman–Crippen MR) is 115 cm³/mol. The molecule has 0 atom stereocenters. The molecule has 0 aliphatic carbocycles. The number of imidazole rings is 1. The van der Waals surface area contributed by atoms with E-state index in [2.05, 4.69) is 10.3 Å². The average molecular weight is 408 g/mol. The van der Waals surface area contributed by atoms with Crippen LogP contribution in [0, 0.1) is 18.6 Å². The van der Waals surface area contributed by atoms with E-state index in [0.717, 1.165) is 23.4 Å². The summed E-state index contributed by atoms with van der Waals surface area (Å²) in [5.74, 6) is -0.959. The van der Waals surface area contributed by atoms with Gasteiger partial charge in [0.2, 0.25) is 0 Å². The predicted octanol–water partition coefficient (Wildman–Crippen LogP) is 5.48. The summed E-state index contributed by atoms with van der Waals surface area (Å²) < 4.78 is 36.7. The summed E-state index contributed by atoms with van der Waals surface area (Å²) in [4.78, 5) is 4.56. The molecule has 0 aliphatic heterocycles. The van der Waals surface area contributed by atoms with Crippen LogP contribution in [0.1, 0.15) is 18.2 Å².